The van der Waals surface area contributed by atoms with E-state index in [0.29, 0.717) is 44.3 Å². The maximum Gasteiger partial charge on any atom is 0.240 e. The number of fused-ring (bicyclic) bond motifs is 1. The number of nitrogens with one attached hydrogen (secondary N) is 1. The fourth-order valence-electron chi connectivity index (χ4n) is 5.02. The van der Waals surface area contributed by atoms with Gasteiger partial charge in [-0.25, -0.2) is 4.90 Å². The van der Waals surface area contributed by atoms with E-state index in [2.05, 4.69) is 5.32 Å². The predicted molar refractivity (Wildman–Crippen MR) is 145 cm³/mol. The molecule has 37 heavy (non-hydrogen) atoms. The number of carbonyl (C=O) groups excluding carboxylic acids is 4. The van der Waals surface area contributed by atoms with Crippen LogP contribution in [0.5, 0.6) is 0 Å². The van der Waals surface area contributed by atoms with Crippen molar-refractivity contribution in [3.63, 3.8) is 0 Å². The zero-order chi connectivity index (χ0) is 27.7. The molecule has 0 spiro atoms. The van der Waals surface area contributed by atoms with Crippen LogP contribution in [0.25, 0.3) is 0 Å². The molecule has 0 radical (unpaired) electrons. The molecule has 11 heteroatoms. The van der Waals surface area contributed by atoms with Crippen molar-refractivity contribution in [1.29, 1.82) is 0 Å². The first kappa shape index (κ1) is 27.7. The van der Waals surface area contributed by atoms with Crippen LogP contribution in [0.3, 0.4) is 0 Å². The number of primary amides is 1. The first-order chi connectivity index (χ1) is 17.0. The molecular formula is C26H25Cl4N3O4. The van der Waals surface area contributed by atoms with Gasteiger partial charge in [0.2, 0.25) is 23.6 Å². The number of nitrogens with zero attached hydrogens (tertiary/aromatic N) is 1. The van der Waals surface area contributed by atoms with Gasteiger partial charge < -0.3 is 11.1 Å². The minimum atomic E-state index is -0.792. The highest BCUT2D eigenvalue weighted by Crippen LogP contribution is 2.69. The highest BCUT2D eigenvalue weighted by Gasteiger charge is 2.77. The molecular weight excluding hydrogens is 560 g/mol. The Morgan fingerprint density at radius 3 is 1.59 bits per heavy atom. The van der Waals surface area contributed by atoms with Gasteiger partial charge in [-0.05, 0) is 76.9 Å². The number of hydrogen-bond donors (Lipinski definition) is 2. The quantitative estimate of drug-likeness (QED) is 0.422. The highest BCUT2D eigenvalue weighted by atomic mass is 35.5. The van der Waals surface area contributed by atoms with Gasteiger partial charge in [0.25, 0.3) is 0 Å². The van der Waals surface area contributed by atoms with Crippen LogP contribution < -0.4 is 16.0 Å². The molecule has 2 saturated carbocycles. The van der Waals surface area contributed by atoms with Gasteiger partial charge in [0, 0.05) is 25.8 Å². The standard InChI is InChI=1S/C13H14Cl2N2O2.C13H11Cl2NO2/c1-12(10(16)18)6-13(12,2)11(19)17-9-4-7(14)3-8(15)5-9;1-12-6-13(12,2)11(18)16(10(12)17)9-4-7(14)3-8(15)5-9/h3-5H,6H2,1-2H3,(H2,16,18)(H,17,19);3-5H,6H2,1-2H3. The van der Waals surface area contributed by atoms with Crippen LogP contribution >= 0.6 is 46.4 Å². The van der Waals surface area contributed by atoms with Gasteiger partial charge >= 0.3 is 0 Å². The lowest BCUT2D eigenvalue weighted by molar-refractivity contribution is -0.129. The van der Waals surface area contributed by atoms with Crippen molar-refractivity contribution in [3.05, 3.63) is 56.5 Å². The normalized spacial score (nSPS) is 31.3. The topological polar surface area (TPSA) is 110 Å². The van der Waals surface area contributed by atoms with Crippen LogP contribution in [0.4, 0.5) is 11.4 Å². The van der Waals surface area contributed by atoms with Crippen molar-refractivity contribution in [2.24, 2.45) is 27.4 Å². The van der Waals surface area contributed by atoms with Crippen LogP contribution in [0.1, 0.15) is 40.5 Å². The molecule has 7 nitrogen and oxygen atoms in total. The summed E-state index contributed by atoms with van der Waals surface area (Å²) in [5.74, 6) is -1.04. The van der Waals surface area contributed by atoms with Crippen molar-refractivity contribution in [1.82, 2.24) is 0 Å². The Morgan fingerprint density at radius 2 is 1.19 bits per heavy atom. The van der Waals surface area contributed by atoms with Crippen LogP contribution in [0.2, 0.25) is 20.1 Å². The molecule has 1 aliphatic heterocycles. The molecule has 2 aliphatic carbocycles. The fourth-order valence-corrected chi connectivity index (χ4v) is 6.06. The lowest BCUT2D eigenvalue weighted by atomic mass is 9.94. The third-order valence-corrected chi connectivity index (χ3v) is 9.09. The zero-order valence-electron chi connectivity index (χ0n) is 20.5. The van der Waals surface area contributed by atoms with Crippen LogP contribution in [0.15, 0.2) is 36.4 Å². The van der Waals surface area contributed by atoms with Crippen LogP contribution in [-0.2, 0) is 19.2 Å². The molecule has 0 aromatic heterocycles. The van der Waals surface area contributed by atoms with Crippen molar-refractivity contribution in [2.45, 2.75) is 40.5 Å². The number of rotatable bonds is 4. The van der Waals surface area contributed by atoms with Gasteiger partial charge in [-0.15, -0.1) is 0 Å². The number of amides is 4. The maximum atomic E-state index is 12.3. The Balaban J connectivity index is 0.000000173. The molecule has 4 unspecified atom stereocenters. The summed E-state index contributed by atoms with van der Waals surface area (Å²) in [6.07, 6.45) is 1.07. The van der Waals surface area contributed by atoms with E-state index in [1.807, 2.05) is 13.8 Å². The number of nitrogens with two attached hydrogens (primary N) is 1. The average molecular weight is 585 g/mol. The molecule has 2 aromatic rings. The summed E-state index contributed by atoms with van der Waals surface area (Å²) in [5, 5.41) is 4.41. The van der Waals surface area contributed by atoms with E-state index in [9.17, 15) is 19.2 Å². The largest absolute Gasteiger partial charge is 0.369 e. The summed E-state index contributed by atoms with van der Waals surface area (Å²) < 4.78 is 0. The molecule has 1 saturated heterocycles. The molecule has 0 bridgehead atoms. The number of halogens is 4. The summed E-state index contributed by atoms with van der Waals surface area (Å²) in [5.41, 5.74) is 3.59. The van der Waals surface area contributed by atoms with E-state index in [-0.39, 0.29) is 17.7 Å². The molecule has 2 aromatic carbocycles. The SMILES string of the molecule is CC1(C(N)=O)CC1(C)C(=O)Nc1cc(Cl)cc(Cl)c1.CC12CC1(C)C(=O)N(c1cc(Cl)cc(Cl)c1)C2=O. The smallest absolute Gasteiger partial charge is 0.240 e. The van der Waals surface area contributed by atoms with Crippen molar-refractivity contribution >= 4 is 81.4 Å². The Kier molecular flexibility index (Phi) is 6.64. The Labute approximate surface area is 234 Å². The molecule has 196 valence electrons. The molecule has 3 fully saturated rings. The van der Waals surface area contributed by atoms with Crippen molar-refractivity contribution < 1.29 is 19.2 Å². The first-order valence-electron chi connectivity index (χ1n) is 11.4. The van der Waals surface area contributed by atoms with E-state index in [1.54, 1.807) is 50.2 Å². The number of benzene rings is 2. The number of imide groups is 1. The van der Waals surface area contributed by atoms with E-state index in [4.69, 9.17) is 52.1 Å². The minimum absolute atomic E-state index is 0.159. The number of carbonyl (C=O) groups is 4. The van der Waals surface area contributed by atoms with Crippen LogP contribution in [-0.4, -0.2) is 23.6 Å². The molecule has 3 N–H and O–H groups in total. The highest BCUT2D eigenvalue weighted by molar-refractivity contribution is 6.36. The van der Waals surface area contributed by atoms with Gasteiger partial charge in [-0.2, -0.15) is 0 Å². The van der Waals surface area contributed by atoms with Gasteiger partial charge in [0.15, 0.2) is 0 Å². The molecule has 4 atom stereocenters. The summed E-state index contributed by atoms with van der Waals surface area (Å²) in [6, 6.07) is 9.51. The van der Waals surface area contributed by atoms with E-state index in [1.165, 1.54) is 4.90 Å². The van der Waals surface area contributed by atoms with Crippen LogP contribution in [0, 0.1) is 21.7 Å². The number of anilines is 2. The average Bonchev–Trinajstić information content (AvgIpc) is 3.55. The van der Waals surface area contributed by atoms with Crippen molar-refractivity contribution in [3.8, 4) is 0 Å². The zero-order valence-corrected chi connectivity index (χ0v) is 23.6. The molecule has 1 heterocycles. The second-order valence-electron chi connectivity index (χ2n) is 10.7. The molecule has 3 aliphatic rings. The summed E-state index contributed by atoms with van der Waals surface area (Å²) in [7, 11) is 0. The Hall–Kier alpha value is -2.32. The van der Waals surface area contributed by atoms with Gasteiger partial charge in [0.05, 0.1) is 27.3 Å². The summed E-state index contributed by atoms with van der Waals surface area (Å²) in [4.78, 5) is 49.5. The second-order valence-corrected chi connectivity index (χ2v) is 12.5. The number of hydrogen-bond acceptors (Lipinski definition) is 4. The third-order valence-electron chi connectivity index (χ3n) is 8.22. The molecule has 5 rings (SSSR count). The first-order valence-corrected chi connectivity index (χ1v) is 12.9. The summed E-state index contributed by atoms with van der Waals surface area (Å²) >= 11 is 23.5. The minimum Gasteiger partial charge on any atom is -0.369 e. The second kappa shape index (κ2) is 8.87. The Morgan fingerprint density at radius 1 is 0.757 bits per heavy atom. The number of piperidine rings is 1. The van der Waals surface area contributed by atoms with E-state index >= 15 is 0 Å². The van der Waals surface area contributed by atoms with Gasteiger partial charge in [0.1, 0.15) is 0 Å². The summed E-state index contributed by atoms with van der Waals surface area (Å²) in [6.45, 7) is 7.08. The lowest BCUT2D eigenvalue weighted by Crippen LogP contribution is -2.35. The monoisotopic (exact) mass is 583 g/mol. The maximum absolute atomic E-state index is 12.3. The van der Waals surface area contributed by atoms with Gasteiger partial charge in [-0.1, -0.05) is 46.4 Å². The molecule has 4 amide bonds. The lowest BCUT2D eigenvalue weighted by Gasteiger charge is -2.19. The third kappa shape index (κ3) is 4.40. The van der Waals surface area contributed by atoms with Crippen molar-refractivity contribution in [2.75, 3.05) is 10.2 Å². The fraction of sp³-hybridized carbons (Fsp3) is 0.385. The van der Waals surface area contributed by atoms with E-state index in [0.717, 1.165) is 0 Å². The van der Waals surface area contributed by atoms with Gasteiger partial charge in [-0.3, -0.25) is 19.2 Å². The predicted octanol–water partition coefficient (Wildman–Crippen LogP) is 6.12. The van der Waals surface area contributed by atoms with E-state index < -0.39 is 27.6 Å². The Bertz CT molecular complexity index is 1320.